The molecule has 1 aliphatic carbocycles. The first-order valence-electron chi connectivity index (χ1n) is 15.7. The number of fused-ring (bicyclic) bond motifs is 3. The Morgan fingerprint density at radius 1 is 1.02 bits per heavy atom. The van der Waals surface area contributed by atoms with Crippen LogP contribution in [0.3, 0.4) is 0 Å². The second-order valence-electron chi connectivity index (χ2n) is 13.2. The number of phenolic OH excluding ortho intramolecular Hbond substituents is 1. The predicted octanol–water partition coefficient (Wildman–Crippen LogP) is 4.81. The molecule has 0 amide bonds. The van der Waals surface area contributed by atoms with Gasteiger partial charge >= 0.3 is 0 Å². The van der Waals surface area contributed by atoms with Crippen LogP contribution < -0.4 is 10.2 Å². The Morgan fingerprint density at radius 2 is 1.81 bits per heavy atom. The van der Waals surface area contributed by atoms with Gasteiger partial charge in [0.15, 0.2) is 5.65 Å². The van der Waals surface area contributed by atoms with Gasteiger partial charge in [-0.15, -0.1) is 10.2 Å². The van der Waals surface area contributed by atoms with E-state index in [1.807, 2.05) is 24.3 Å². The molecular formula is C33H40N8O. The number of hydrogen-bond donors (Lipinski definition) is 3. The summed E-state index contributed by atoms with van der Waals surface area (Å²) in [5.41, 5.74) is 6.51. The van der Waals surface area contributed by atoms with Crippen LogP contribution in [0.25, 0.3) is 22.3 Å². The molecule has 1 saturated carbocycles. The monoisotopic (exact) mass is 564 g/mol. The summed E-state index contributed by atoms with van der Waals surface area (Å²) < 4.78 is 0. The summed E-state index contributed by atoms with van der Waals surface area (Å²) in [7, 11) is 0. The highest BCUT2D eigenvalue weighted by molar-refractivity contribution is 5.86. The van der Waals surface area contributed by atoms with E-state index in [4.69, 9.17) is 9.97 Å². The van der Waals surface area contributed by atoms with Crippen LogP contribution in [0.15, 0.2) is 42.7 Å². The summed E-state index contributed by atoms with van der Waals surface area (Å²) in [5, 5.41) is 23.7. The van der Waals surface area contributed by atoms with Crippen LogP contribution >= 0.6 is 0 Å². The molecule has 4 aromatic rings. The Morgan fingerprint density at radius 3 is 2.55 bits per heavy atom. The molecule has 0 radical (unpaired) electrons. The van der Waals surface area contributed by atoms with Gasteiger partial charge in [0, 0.05) is 60.7 Å². The Kier molecular flexibility index (Phi) is 6.41. The number of para-hydroxylation sites is 1. The van der Waals surface area contributed by atoms with Gasteiger partial charge in [-0.25, -0.2) is 9.97 Å². The minimum absolute atomic E-state index is 0.0871. The average Bonchev–Trinajstić information content (AvgIpc) is 3.35. The summed E-state index contributed by atoms with van der Waals surface area (Å²) in [6.45, 7) is 9.20. The molecule has 3 aromatic heterocycles. The molecule has 42 heavy (non-hydrogen) atoms. The number of likely N-dealkylation sites (tertiary alicyclic amines) is 1. The summed E-state index contributed by atoms with van der Waals surface area (Å²) >= 11 is 0. The van der Waals surface area contributed by atoms with E-state index in [1.54, 1.807) is 6.07 Å². The largest absolute Gasteiger partial charge is 0.507 e. The smallest absolute Gasteiger partial charge is 0.225 e. The van der Waals surface area contributed by atoms with Crippen LogP contribution in [0.1, 0.15) is 67.8 Å². The minimum Gasteiger partial charge on any atom is -0.507 e. The molecule has 1 atom stereocenters. The number of aromatic amines is 1. The maximum atomic E-state index is 10.4. The number of nitrogens with one attached hydrogen (secondary N) is 2. The molecule has 9 heteroatoms. The Bertz CT molecular complexity index is 1580. The lowest BCUT2D eigenvalue weighted by molar-refractivity contribution is -0.00808. The topological polar surface area (TPSA) is 106 Å². The first-order chi connectivity index (χ1) is 20.6. The lowest BCUT2D eigenvalue weighted by Crippen LogP contribution is -2.60. The Labute approximate surface area is 246 Å². The van der Waals surface area contributed by atoms with Gasteiger partial charge in [0.25, 0.3) is 0 Å². The lowest BCUT2D eigenvalue weighted by Gasteiger charge is -2.55. The minimum atomic E-state index is 0.0871. The van der Waals surface area contributed by atoms with Crippen molar-refractivity contribution < 1.29 is 5.11 Å². The fourth-order valence-electron chi connectivity index (χ4n) is 8.10. The van der Waals surface area contributed by atoms with Crippen LogP contribution in [-0.4, -0.2) is 74.4 Å². The van der Waals surface area contributed by atoms with Gasteiger partial charge < -0.3 is 25.2 Å². The van der Waals surface area contributed by atoms with Gasteiger partial charge in [0.1, 0.15) is 5.75 Å². The van der Waals surface area contributed by atoms with Crippen LogP contribution in [0.2, 0.25) is 0 Å². The summed E-state index contributed by atoms with van der Waals surface area (Å²) in [5.74, 6) is 2.49. The number of piperidine rings is 1. The van der Waals surface area contributed by atoms with Crippen molar-refractivity contribution in [3.63, 3.8) is 0 Å². The maximum Gasteiger partial charge on any atom is 0.225 e. The molecule has 3 aliphatic heterocycles. The number of anilines is 1. The number of H-pyrrole nitrogens is 1. The SMILES string of the molecule is CC1c2c([nH]c3nnc(-c4ccccc4O)cc23)CCN1c1ncc(C2CCN(CCC3CC4(CNC4)C3)CC2)cn1. The molecule has 218 valence electrons. The second kappa shape index (κ2) is 10.3. The second-order valence-corrected chi connectivity index (χ2v) is 13.2. The predicted molar refractivity (Wildman–Crippen MR) is 164 cm³/mol. The molecular weight excluding hydrogens is 524 g/mol. The molecule has 9 nitrogen and oxygen atoms in total. The van der Waals surface area contributed by atoms with E-state index in [0.717, 1.165) is 35.9 Å². The zero-order valence-electron chi connectivity index (χ0n) is 24.4. The third kappa shape index (κ3) is 4.54. The number of aromatic nitrogens is 5. The molecule has 2 saturated heterocycles. The third-order valence-electron chi connectivity index (χ3n) is 10.6. The zero-order chi connectivity index (χ0) is 28.3. The lowest BCUT2D eigenvalue weighted by atomic mass is 9.58. The van der Waals surface area contributed by atoms with Gasteiger partial charge in [-0.2, -0.15) is 0 Å². The van der Waals surface area contributed by atoms with Gasteiger partial charge in [-0.3, -0.25) is 0 Å². The van der Waals surface area contributed by atoms with E-state index in [2.05, 4.69) is 49.6 Å². The molecule has 0 bridgehead atoms. The normalized spacial score (nSPS) is 22.7. The van der Waals surface area contributed by atoms with Crippen molar-refractivity contribution in [1.82, 2.24) is 35.4 Å². The first-order valence-corrected chi connectivity index (χ1v) is 15.7. The quantitative estimate of drug-likeness (QED) is 0.306. The van der Waals surface area contributed by atoms with E-state index < -0.39 is 0 Å². The molecule has 1 spiro atoms. The van der Waals surface area contributed by atoms with E-state index in [-0.39, 0.29) is 11.8 Å². The number of aromatic hydroxyl groups is 1. The maximum absolute atomic E-state index is 10.4. The highest BCUT2D eigenvalue weighted by Crippen LogP contribution is 2.49. The van der Waals surface area contributed by atoms with Gasteiger partial charge in [-0.05, 0) is 99.7 Å². The van der Waals surface area contributed by atoms with Crippen molar-refractivity contribution in [2.45, 2.75) is 57.4 Å². The van der Waals surface area contributed by atoms with Crippen molar-refractivity contribution in [2.24, 2.45) is 11.3 Å². The molecule has 1 aromatic carbocycles. The van der Waals surface area contributed by atoms with Gasteiger partial charge in [0.05, 0.1) is 11.7 Å². The number of phenols is 1. The Hall–Kier alpha value is -3.56. The average molecular weight is 565 g/mol. The van der Waals surface area contributed by atoms with E-state index in [9.17, 15) is 5.11 Å². The number of rotatable bonds is 6. The highest BCUT2D eigenvalue weighted by atomic mass is 16.3. The van der Waals surface area contributed by atoms with Crippen molar-refractivity contribution >= 4 is 17.0 Å². The van der Waals surface area contributed by atoms with Crippen LogP contribution in [0.4, 0.5) is 5.95 Å². The van der Waals surface area contributed by atoms with Gasteiger partial charge in [0.2, 0.25) is 5.95 Å². The van der Waals surface area contributed by atoms with Gasteiger partial charge in [-0.1, -0.05) is 12.1 Å². The standard InChI is InChI=1S/C33H40N8O/c1-21-30-26-14-28(25-4-2-3-5-29(25)42)38-39-31(26)37-27(30)9-13-41(21)32-35-17-24(18-36-32)23-7-11-40(12-8-23)10-6-22-15-33(16-22)19-34-20-33/h2-5,14,17-18,21-23,34,42H,6-13,15-16,19-20H2,1H3,(H,37,39). The molecule has 8 rings (SSSR count). The summed E-state index contributed by atoms with van der Waals surface area (Å²) in [4.78, 5) is 18.2. The molecule has 6 heterocycles. The molecule has 3 N–H and O–H groups in total. The van der Waals surface area contributed by atoms with Crippen LogP contribution in [0, 0.1) is 11.3 Å². The Balaban J connectivity index is 0.923. The van der Waals surface area contributed by atoms with E-state index >= 15 is 0 Å². The molecule has 3 fully saturated rings. The number of hydrogen-bond acceptors (Lipinski definition) is 8. The van der Waals surface area contributed by atoms with Crippen molar-refractivity contribution in [3.05, 3.63) is 59.5 Å². The van der Waals surface area contributed by atoms with E-state index in [1.165, 1.54) is 81.6 Å². The molecule has 4 aliphatic rings. The van der Waals surface area contributed by atoms with Crippen LogP contribution in [-0.2, 0) is 6.42 Å². The number of benzene rings is 1. The van der Waals surface area contributed by atoms with Crippen molar-refractivity contribution in [1.29, 1.82) is 0 Å². The van der Waals surface area contributed by atoms with E-state index in [0.29, 0.717) is 22.6 Å². The van der Waals surface area contributed by atoms with Crippen LogP contribution in [0.5, 0.6) is 5.75 Å². The zero-order valence-corrected chi connectivity index (χ0v) is 24.4. The summed E-state index contributed by atoms with van der Waals surface area (Å²) in [6, 6.07) is 9.40. The highest BCUT2D eigenvalue weighted by Gasteiger charge is 2.47. The summed E-state index contributed by atoms with van der Waals surface area (Å²) in [6.07, 6.45) is 11.7. The number of nitrogens with zero attached hydrogens (tertiary/aromatic N) is 6. The fourth-order valence-corrected chi connectivity index (χ4v) is 8.10. The fraction of sp³-hybridized carbons (Fsp3) is 0.515. The van der Waals surface area contributed by atoms with Crippen molar-refractivity contribution in [3.8, 4) is 17.0 Å². The first kappa shape index (κ1) is 26.1. The molecule has 1 unspecified atom stereocenters. The third-order valence-corrected chi connectivity index (χ3v) is 10.6. The van der Waals surface area contributed by atoms with Crippen molar-refractivity contribution in [2.75, 3.05) is 44.2 Å².